The van der Waals surface area contributed by atoms with E-state index in [4.69, 9.17) is 14.1 Å². The minimum absolute atomic E-state index is 0.0307. The molecule has 4 nitrogen and oxygen atoms in total. The molecule has 9 rings (SSSR count). The first-order valence-electron chi connectivity index (χ1n) is 27.1. The van der Waals surface area contributed by atoms with E-state index in [0.29, 0.717) is 44.7 Å². The van der Waals surface area contributed by atoms with Gasteiger partial charge in [-0.2, -0.15) is 0 Å². The molecule has 0 saturated carbocycles. The highest BCUT2D eigenvalue weighted by Crippen LogP contribution is 2.45. The first kappa shape index (κ1) is 34.3. The summed E-state index contributed by atoms with van der Waals surface area (Å²) in [5, 5.41) is 12.4. The maximum atomic E-state index is 12.4. The Bertz CT molecular complexity index is 3610. The van der Waals surface area contributed by atoms with Gasteiger partial charge in [0, 0.05) is 29.7 Å². The zero-order valence-corrected chi connectivity index (χ0v) is 38.9. The highest BCUT2D eigenvalue weighted by molar-refractivity contribution is 5.98. The molecule has 0 aliphatic carbocycles. The van der Waals surface area contributed by atoms with Crippen molar-refractivity contribution in [2.24, 2.45) is 0 Å². The predicted molar refractivity (Wildman–Crippen MR) is 279 cm³/mol. The van der Waals surface area contributed by atoms with E-state index in [1.807, 2.05) is 105 Å². The van der Waals surface area contributed by atoms with Crippen molar-refractivity contribution in [3.05, 3.63) is 191 Å². The van der Waals surface area contributed by atoms with Gasteiger partial charge in [-0.15, -0.1) is 0 Å². The number of fused-ring (bicyclic) bond motifs is 1. The van der Waals surface area contributed by atoms with Gasteiger partial charge < -0.3 is 5.11 Å². The quantitative estimate of drug-likeness (QED) is 0.141. The average molecular weight is 873 g/mol. The van der Waals surface area contributed by atoms with Crippen LogP contribution in [-0.4, -0.2) is 19.6 Å². The minimum Gasteiger partial charge on any atom is -0.507 e. The fraction of sp³-hybridized carbons (Fsp3) is 0.226. The number of aryl methyl sites for hydroxylation is 2. The summed E-state index contributed by atoms with van der Waals surface area (Å²) >= 11 is 0. The van der Waals surface area contributed by atoms with Crippen molar-refractivity contribution < 1.29 is 17.4 Å². The van der Waals surface area contributed by atoms with E-state index in [2.05, 4.69) is 26.0 Å². The molecule has 0 fully saturated rings. The normalized spacial score (nSPS) is 14.7. The number of phenols is 1. The van der Waals surface area contributed by atoms with Gasteiger partial charge in [0.2, 0.25) is 0 Å². The average Bonchev–Trinajstić information content (AvgIpc) is 3.77. The topological polar surface area (TPSA) is 50.9 Å². The summed E-state index contributed by atoms with van der Waals surface area (Å²) in [7, 11) is 0. The second-order valence-electron chi connectivity index (χ2n) is 18.2. The molecule has 0 aliphatic rings. The molecule has 0 radical (unpaired) electrons. The van der Waals surface area contributed by atoms with E-state index in [9.17, 15) is 13.3 Å². The van der Waals surface area contributed by atoms with Crippen molar-refractivity contribution in [3.8, 4) is 78.6 Å². The van der Waals surface area contributed by atoms with E-state index < -0.39 is 31.4 Å². The van der Waals surface area contributed by atoms with Gasteiger partial charge in [0.15, 0.2) is 0 Å². The molecule has 66 heavy (non-hydrogen) atoms. The van der Waals surface area contributed by atoms with Crippen molar-refractivity contribution in [1.82, 2.24) is 14.5 Å². The molecule has 0 amide bonds. The van der Waals surface area contributed by atoms with Crippen molar-refractivity contribution in [3.63, 3.8) is 0 Å². The predicted octanol–water partition coefficient (Wildman–Crippen LogP) is 17.2. The summed E-state index contributed by atoms with van der Waals surface area (Å²) in [5.41, 5.74) is 12.4. The molecule has 0 aliphatic heterocycles. The SMILES string of the molecule is [2H]C([2H])([2H])c1ccc(-c2ccnc(-c3cc(-c4ccccc4)cc(-c4cccc5c4nc(-c4cc(C([2H])(C)C)cc(C([2H])(C)C)c4O)n5-c4ccc(-c5c(C(C)C)cccc5C([2H])(C)C)cc4C([2H])([2H])[2H])c3)c2)cc1. The zero-order valence-electron chi connectivity index (χ0n) is 47.9. The molecule has 2 aromatic heterocycles. The number of nitrogens with zero attached hydrogens (tertiary/aromatic N) is 3. The molecule has 9 aromatic rings. The Morgan fingerprint density at radius 1 is 0.530 bits per heavy atom. The van der Waals surface area contributed by atoms with E-state index in [-0.39, 0.29) is 34.2 Å². The maximum absolute atomic E-state index is 12.4. The molecule has 0 atom stereocenters. The van der Waals surface area contributed by atoms with E-state index in [1.54, 1.807) is 87.0 Å². The molecule has 0 unspecified atom stereocenters. The molecular formula is C62H61N3O. The molecule has 0 bridgehead atoms. The van der Waals surface area contributed by atoms with Crippen LogP contribution in [0.5, 0.6) is 5.75 Å². The molecule has 0 spiro atoms. The van der Waals surface area contributed by atoms with Crippen molar-refractivity contribution >= 4 is 11.0 Å². The van der Waals surface area contributed by atoms with Crippen molar-refractivity contribution in [2.75, 3.05) is 0 Å². The Hall–Kier alpha value is -7.04. The van der Waals surface area contributed by atoms with E-state index in [0.717, 1.165) is 50.1 Å². The first-order valence-corrected chi connectivity index (χ1v) is 22.6. The monoisotopic (exact) mass is 873 g/mol. The second-order valence-corrected chi connectivity index (χ2v) is 18.2. The molecule has 330 valence electrons. The zero-order chi connectivity index (χ0) is 54.2. The van der Waals surface area contributed by atoms with Crippen LogP contribution < -0.4 is 0 Å². The van der Waals surface area contributed by atoms with Gasteiger partial charge in [-0.3, -0.25) is 9.55 Å². The lowest BCUT2D eigenvalue weighted by molar-refractivity contribution is 0.466. The van der Waals surface area contributed by atoms with Crippen LogP contribution in [0.25, 0.3) is 83.9 Å². The van der Waals surface area contributed by atoms with Gasteiger partial charge in [-0.25, -0.2) is 4.98 Å². The number of hydrogen-bond acceptors (Lipinski definition) is 3. The Morgan fingerprint density at radius 3 is 1.94 bits per heavy atom. The Balaban J connectivity index is 1.35. The molecule has 1 N–H and O–H groups in total. The second kappa shape index (κ2) is 18.1. The van der Waals surface area contributed by atoms with E-state index in [1.165, 1.54) is 0 Å². The van der Waals surface area contributed by atoms with Crippen LogP contribution >= 0.6 is 0 Å². The number of aromatic hydroxyl groups is 1. The lowest BCUT2D eigenvalue weighted by atomic mass is 9.84. The molecule has 7 aromatic carbocycles. The number of phenolic OH excluding ortho intramolecular Hbond substituents is 1. The molecule has 0 saturated heterocycles. The van der Waals surface area contributed by atoms with E-state index >= 15 is 0 Å². The van der Waals surface area contributed by atoms with Gasteiger partial charge in [0.25, 0.3) is 0 Å². The third-order valence-corrected chi connectivity index (χ3v) is 12.6. The Labute approximate surface area is 404 Å². The van der Waals surface area contributed by atoms with Crippen LogP contribution in [-0.2, 0) is 0 Å². The molecule has 4 heteroatoms. The lowest BCUT2D eigenvalue weighted by Gasteiger charge is -2.22. The van der Waals surface area contributed by atoms with Crippen LogP contribution in [0.15, 0.2) is 158 Å². The summed E-state index contributed by atoms with van der Waals surface area (Å²) in [6.07, 6.45) is 1.74. The van der Waals surface area contributed by atoms with Crippen LogP contribution in [0.1, 0.15) is 125 Å². The summed E-state index contributed by atoms with van der Waals surface area (Å²) in [4.78, 5) is 10.3. The molecular weight excluding hydrogens is 803 g/mol. The lowest BCUT2D eigenvalue weighted by Crippen LogP contribution is -2.04. The summed E-state index contributed by atoms with van der Waals surface area (Å²) in [5.74, 6) is -3.39. The number of pyridine rings is 1. The highest BCUT2D eigenvalue weighted by atomic mass is 16.3. The third-order valence-electron chi connectivity index (χ3n) is 12.6. The number of benzene rings is 7. The number of imidazole rings is 1. The Kier molecular flexibility index (Phi) is 9.41. The summed E-state index contributed by atoms with van der Waals surface area (Å²) in [6, 6.07) is 47.4. The summed E-state index contributed by atoms with van der Waals surface area (Å²) < 4.78 is 80.5. The fourth-order valence-electron chi connectivity index (χ4n) is 9.07. The van der Waals surface area contributed by atoms with Gasteiger partial charge >= 0.3 is 0 Å². The van der Waals surface area contributed by atoms with Gasteiger partial charge in [0.1, 0.15) is 11.6 Å². The standard InChI is InChI=1S/C62H61N3O/c1-37(2)47-34-54(40(7)8)61(66)55(35-47)62-64-60-53(20-15-21-58(60)65(62)57-27-26-46(30-42(57)10)59-51(38(3)4)18-14-19-52(59)39(5)6)49-31-48(43-16-12-11-13-17-43)32-50(33-49)56-36-45(28-29-63-56)44-24-22-41(9)23-25-44/h11-40,66H,1-10H3/i9D3,10D3,37D,38D,40D. The number of para-hydroxylation sites is 1. The van der Waals surface area contributed by atoms with Crippen LogP contribution in [0.4, 0.5) is 0 Å². The number of aromatic nitrogens is 3. The minimum atomic E-state index is -2.67. The third kappa shape index (κ3) is 8.37. The number of hydrogen-bond donors (Lipinski definition) is 1. The van der Waals surface area contributed by atoms with Crippen molar-refractivity contribution in [1.29, 1.82) is 0 Å². The van der Waals surface area contributed by atoms with Crippen LogP contribution in [0, 0.1) is 13.7 Å². The van der Waals surface area contributed by atoms with Crippen LogP contribution in [0.3, 0.4) is 0 Å². The fourth-order valence-corrected chi connectivity index (χ4v) is 9.07. The van der Waals surface area contributed by atoms with Crippen LogP contribution in [0.2, 0.25) is 0 Å². The summed E-state index contributed by atoms with van der Waals surface area (Å²) in [6.45, 7) is 9.79. The Morgan fingerprint density at radius 2 is 1.23 bits per heavy atom. The highest BCUT2D eigenvalue weighted by Gasteiger charge is 2.25. The van der Waals surface area contributed by atoms with Gasteiger partial charge in [0.05, 0.1) is 28.0 Å². The van der Waals surface area contributed by atoms with Gasteiger partial charge in [-0.05, 0) is 159 Å². The first-order chi connectivity index (χ1) is 35.1. The smallest absolute Gasteiger partial charge is 0.149 e. The number of rotatable bonds is 11. The largest absolute Gasteiger partial charge is 0.507 e. The van der Waals surface area contributed by atoms with Crippen molar-refractivity contribution in [2.45, 2.75) is 92.7 Å². The molecule has 2 heterocycles. The maximum Gasteiger partial charge on any atom is 0.149 e. The van der Waals surface area contributed by atoms with Gasteiger partial charge in [-0.1, -0.05) is 158 Å².